The van der Waals surface area contributed by atoms with Gasteiger partial charge in [-0.3, -0.25) is 4.79 Å². The van der Waals surface area contributed by atoms with Crippen LogP contribution in [0.25, 0.3) is 11.0 Å². The second kappa shape index (κ2) is 3.33. The second-order valence-electron chi connectivity index (χ2n) is 4.17. The highest BCUT2D eigenvalue weighted by atomic mass is 16.1. The molecule has 0 saturated heterocycles. The van der Waals surface area contributed by atoms with Crippen molar-refractivity contribution in [1.82, 2.24) is 9.55 Å². The number of aromatic nitrogens is 2. The summed E-state index contributed by atoms with van der Waals surface area (Å²) in [6.45, 7) is 0.994. The summed E-state index contributed by atoms with van der Waals surface area (Å²) in [5.41, 5.74) is 7.67. The molecule has 0 bridgehead atoms. The molecule has 4 nitrogen and oxygen atoms in total. The van der Waals surface area contributed by atoms with E-state index in [2.05, 4.69) is 9.55 Å². The van der Waals surface area contributed by atoms with Crippen LogP contribution in [0.1, 0.15) is 29.0 Å². The average Bonchev–Trinajstić information content (AvgIpc) is 2.67. The minimum atomic E-state index is -0.402. The van der Waals surface area contributed by atoms with E-state index in [0.717, 1.165) is 29.8 Å². The molecule has 1 aliphatic rings. The van der Waals surface area contributed by atoms with Crippen LogP contribution in [0.15, 0.2) is 18.2 Å². The van der Waals surface area contributed by atoms with E-state index in [1.54, 1.807) is 6.07 Å². The minimum Gasteiger partial charge on any atom is -0.366 e. The number of imidazole rings is 1. The maximum atomic E-state index is 11.3. The van der Waals surface area contributed by atoms with E-state index in [9.17, 15) is 4.79 Å². The number of rotatable bonds is 1. The number of nitrogens with zero attached hydrogens (tertiary/aromatic N) is 2. The van der Waals surface area contributed by atoms with E-state index in [0.29, 0.717) is 5.56 Å². The fraction of sp³-hybridized carbons (Fsp3) is 0.333. The average molecular weight is 215 g/mol. The second-order valence-corrected chi connectivity index (χ2v) is 4.17. The summed E-state index contributed by atoms with van der Waals surface area (Å²) in [6, 6.07) is 5.61. The topological polar surface area (TPSA) is 60.9 Å². The third-order valence-corrected chi connectivity index (χ3v) is 3.16. The summed E-state index contributed by atoms with van der Waals surface area (Å²) in [4.78, 5) is 15.8. The molecule has 0 spiro atoms. The third kappa shape index (κ3) is 1.23. The fourth-order valence-electron chi connectivity index (χ4n) is 2.39. The van der Waals surface area contributed by atoms with Crippen molar-refractivity contribution in [3.63, 3.8) is 0 Å². The SMILES string of the molecule is NC(=O)c1cccc2c1nc1n2CCCC1. The Morgan fingerprint density at radius 3 is 3.06 bits per heavy atom. The number of para-hydroxylation sites is 1. The highest BCUT2D eigenvalue weighted by Gasteiger charge is 2.17. The Morgan fingerprint density at radius 2 is 2.25 bits per heavy atom. The number of hydrogen-bond acceptors (Lipinski definition) is 2. The number of amides is 1. The molecular weight excluding hydrogens is 202 g/mol. The van der Waals surface area contributed by atoms with E-state index in [4.69, 9.17) is 5.73 Å². The summed E-state index contributed by atoms with van der Waals surface area (Å²) in [5.74, 6) is 0.677. The highest BCUT2D eigenvalue weighted by Crippen LogP contribution is 2.24. The Morgan fingerprint density at radius 1 is 1.38 bits per heavy atom. The van der Waals surface area contributed by atoms with Crippen LogP contribution < -0.4 is 5.73 Å². The van der Waals surface area contributed by atoms with Crippen molar-refractivity contribution in [2.45, 2.75) is 25.8 Å². The molecule has 0 aliphatic carbocycles. The Kier molecular flexibility index (Phi) is 1.96. The Hall–Kier alpha value is -1.84. The van der Waals surface area contributed by atoms with Crippen molar-refractivity contribution in [2.75, 3.05) is 0 Å². The quantitative estimate of drug-likeness (QED) is 0.783. The zero-order valence-corrected chi connectivity index (χ0v) is 8.94. The first kappa shape index (κ1) is 9.39. The Bertz CT molecular complexity index is 571. The van der Waals surface area contributed by atoms with Crippen molar-refractivity contribution < 1.29 is 4.79 Å². The lowest BCUT2D eigenvalue weighted by Crippen LogP contribution is -2.11. The normalized spacial score (nSPS) is 15.0. The molecule has 0 unspecified atom stereocenters. The van der Waals surface area contributed by atoms with Gasteiger partial charge in [0.2, 0.25) is 0 Å². The van der Waals surface area contributed by atoms with E-state index in [1.165, 1.54) is 12.8 Å². The van der Waals surface area contributed by atoms with Crippen LogP contribution in [0.5, 0.6) is 0 Å². The minimum absolute atomic E-state index is 0.402. The van der Waals surface area contributed by atoms with Gasteiger partial charge in [-0.2, -0.15) is 0 Å². The zero-order valence-electron chi connectivity index (χ0n) is 8.94. The number of hydrogen-bond donors (Lipinski definition) is 1. The van der Waals surface area contributed by atoms with Gasteiger partial charge in [-0.1, -0.05) is 6.07 Å². The van der Waals surface area contributed by atoms with Crippen molar-refractivity contribution in [1.29, 1.82) is 0 Å². The molecule has 1 aromatic heterocycles. The van der Waals surface area contributed by atoms with Gasteiger partial charge in [0, 0.05) is 13.0 Å². The molecule has 3 rings (SSSR count). The summed E-state index contributed by atoms with van der Waals surface area (Å²) >= 11 is 0. The van der Waals surface area contributed by atoms with E-state index < -0.39 is 5.91 Å². The lowest BCUT2D eigenvalue weighted by molar-refractivity contribution is 0.100. The maximum absolute atomic E-state index is 11.3. The van der Waals surface area contributed by atoms with Crippen molar-refractivity contribution >= 4 is 16.9 Å². The summed E-state index contributed by atoms with van der Waals surface area (Å²) in [5, 5.41) is 0. The lowest BCUT2D eigenvalue weighted by atomic mass is 10.1. The number of aryl methyl sites for hydroxylation is 2. The lowest BCUT2D eigenvalue weighted by Gasteiger charge is -2.13. The van der Waals surface area contributed by atoms with Crippen LogP contribution in [0, 0.1) is 0 Å². The monoisotopic (exact) mass is 215 g/mol. The number of carbonyl (C=O) groups is 1. The van der Waals surface area contributed by atoms with Crippen LogP contribution >= 0.6 is 0 Å². The molecule has 1 aliphatic heterocycles. The summed E-state index contributed by atoms with van der Waals surface area (Å²) in [6.07, 6.45) is 3.35. The summed E-state index contributed by atoms with van der Waals surface area (Å²) < 4.78 is 2.20. The van der Waals surface area contributed by atoms with Gasteiger partial charge in [0.05, 0.1) is 11.1 Å². The maximum Gasteiger partial charge on any atom is 0.250 e. The van der Waals surface area contributed by atoms with Gasteiger partial charge < -0.3 is 10.3 Å². The molecule has 1 amide bonds. The van der Waals surface area contributed by atoms with Gasteiger partial charge in [0.15, 0.2) is 0 Å². The van der Waals surface area contributed by atoms with Gasteiger partial charge in [0.1, 0.15) is 11.3 Å². The molecular formula is C12H13N3O. The number of benzene rings is 1. The largest absolute Gasteiger partial charge is 0.366 e. The third-order valence-electron chi connectivity index (χ3n) is 3.16. The van der Waals surface area contributed by atoms with Crippen molar-refractivity contribution in [3.8, 4) is 0 Å². The molecule has 0 fully saturated rings. The molecule has 2 aromatic rings. The van der Waals surface area contributed by atoms with Crippen LogP contribution in [-0.4, -0.2) is 15.5 Å². The molecule has 0 atom stereocenters. The standard InChI is InChI=1S/C12H13N3O/c13-12(16)8-4-3-5-9-11(8)14-10-6-1-2-7-15(9)10/h3-5H,1-2,6-7H2,(H2,13,16). The predicted molar refractivity (Wildman–Crippen MR) is 61.2 cm³/mol. The number of primary amides is 1. The molecule has 2 heterocycles. The summed E-state index contributed by atoms with van der Waals surface area (Å²) in [7, 11) is 0. The van der Waals surface area contributed by atoms with Crippen LogP contribution in [0.4, 0.5) is 0 Å². The molecule has 0 radical (unpaired) electrons. The van der Waals surface area contributed by atoms with Gasteiger partial charge in [0.25, 0.3) is 5.91 Å². The highest BCUT2D eigenvalue weighted by molar-refractivity contribution is 6.04. The fourth-order valence-corrected chi connectivity index (χ4v) is 2.39. The molecule has 1 aromatic carbocycles. The van der Waals surface area contributed by atoms with Gasteiger partial charge in [-0.25, -0.2) is 4.98 Å². The molecule has 0 saturated carbocycles. The number of fused-ring (bicyclic) bond motifs is 3. The molecule has 2 N–H and O–H groups in total. The van der Waals surface area contributed by atoms with Gasteiger partial charge in [-0.15, -0.1) is 0 Å². The van der Waals surface area contributed by atoms with Crippen molar-refractivity contribution in [3.05, 3.63) is 29.6 Å². The molecule has 4 heteroatoms. The number of nitrogens with two attached hydrogens (primary N) is 1. The van der Waals surface area contributed by atoms with E-state index >= 15 is 0 Å². The first-order valence-electron chi connectivity index (χ1n) is 5.55. The van der Waals surface area contributed by atoms with E-state index in [-0.39, 0.29) is 0 Å². The molecule has 82 valence electrons. The van der Waals surface area contributed by atoms with Crippen LogP contribution in [0.3, 0.4) is 0 Å². The first-order chi connectivity index (χ1) is 7.77. The predicted octanol–water partition coefficient (Wildman–Crippen LogP) is 1.47. The number of carbonyl (C=O) groups excluding carboxylic acids is 1. The van der Waals surface area contributed by atoms with Crippen LogP contribution in [-0.2, 0) is 13.0 Å². The van der Waals surface area contributed by atoms with Crippen molar-refractivity contribution in [2.24, 2.45) is 5.73 Å². The Balaban J connectivity index is 2.33. The smallest absolute Gasteiger partial charge is 0.250 e. The van der Waals surface area contributed by atoms with Gasteiger partial charge >= 0.3 is 0 Å². The first-order valence-corrected chi connectivity index (χ1v) is 5.55. The molecule has 16 heavy (non-hydrogen) atoms. The van der Waals surface area contributed by atoms with Gasteiger partial charge in [-0.05, 0) is 25.0 Å². The Labute approximate surface area is 93.1 Å². The zero-order chi connectivity index (χ0) is 11.1. The van der Waals surface area contributed by atoms with E-state index in [1.807, 2.05) is 12.1 Å². The van der Waals surface area contributed by atoms with Crippen LogP contribution in [0.2, 0.25) is 0 Å².